The van der Waals surface area contributed by atoms with Crippen LogP contribution in [0.15, 0.2) is 48.5 Å². The molecule has 0 aromatic heterocycles. The first-order chi connectivity index (χ1) is 12.6. The van der Waals surface area contributed by atoms with Crippen molar-refractivity contribution < 1.29 is 32.6 Å². The van der Waals surface area contributed by atoms with Gasteiger partial charge >= 0.3 is 12.3 Å². The zero-order chi connectivity index (χ0) is 20.0. The SMILES string of the molecule is Cc1ccccc1C(CC(=O)O)NC(=O)Cc1ccc(OC(F)(F)F)cc1. The standard InChI is InChI=1S/C19H18F3NO4/c1-12-4-2-3-5-15(12)16(11-18(25)26)23-17(24)10-13-6-8-14(9-7-13)27-19(20,21)22/h2-9,16H,10-11H2,1H3,(H,23,24)(H,25,26). The van der Waals surface area contributed by atoms with Crippen LogP contribution in [0.4, 0.5) is 13.2 Å². The topological polar surface area (TPSA) is 75.6 Å². The molecule has 0 heterocycles. The molecule has 0 fully saturated rings. The number of amides is 1. The molecule has 2 rings (SSSR count). The lowest BCUT2D eigenvalue weighted by atomic mass is 9.98. The number of carboxylic acid groups (broad SMARTS) is 1. The zero-order valence-electron chi connectivity index (χ0n) is 14.4. The number of carboxylic acids is 1. The largest absolute Gasteiger partial charge is 0.573 e. The lowest BCUT2D eigenvalue weighted by Crippen LogP contribution is -2.31. The van der Waals surface area contributed by atoms with Crippen molar-refractivity contribution in [3.05, 3.63) is 65.2 Å². The van der Waals surface area contributed by atoms with Gasteiger partial charge < -0.3 is 15.2 Å². The van der Waals surface area contributed by atoms with Gasteiger partial charge in [0.05, 0.1) is 18.9 Å². The minimum absolute atomic E-state index is 0.103. The van der Waals surface area contributed by atoms with Crippen molar-refractivity contribution in [1.29, 1.82) is 0 Å². The molecule has 0 aliphatic carbocycles. The molecule has 0 aliphatic rings. The van der Waals surface area contributed by atoms with E-state index in [1.54, 1.807) is 12.1 Å². The Balaban J connectivity index is 2.05. The van der Waals surface area contributed by atoms with Crippen molar-refractivity contribution in [2.24, 2.45) is 0 Å². The molecule has 27 heavy (non-hydrogen) atoms. The molecular weight excluding hydrogens is 363 g/mol. The van der Waals surface area contributed by atoms with Crippen LogP contribution in [0, 0.1) is 6.92 Å². The highest BCUT2D eigenvalue weighted by molar-refractivity contribution is 5.80. The number of rotatable bonds is 7. The summed E-state index contributed by atoms with van der Waals surface area (Å²) in [5.41, 5.74) is 2.01. The summed E-state index contributed by atoms with van der Waals surface area (Å²) in [6, 6.07) is 11.3. The number of ether oxygens (including phenoxy) is 1. The van der Waals surface area contributed by atoms with Gasteiger partial charge in [0.25, 0.3) is 0 Å². The Bertz CT molecular complexity index is 803. The van der Waals surface area contributed by atoms with Crippen molar-refractivity contribution in [3.8, 4) is 5.75 Å². The monoisotopic (exact) mass is 381 g/mol. The highest BCUT2D eigenvalue weighted by Crippen LogP contribution is 2.23. The number of alkyl halides is 3. The summed E-state index contributed by atoms with van der Waals surface area (Å²) in [6.07, 6.45) is -5.17. The van der Waals surface area contributed by atoms with E-state index in [2.05, 4.69) is 10.1 Å². The Morgan fingerprint density at radius 1 is 1.11 bits per heavy atom. The normalized spacial score (nSPS) is 12.3. The average molecular weight is 381 g/mol. The number of benzene rings is 2. The van der Waals surface area contributed by atoms with E-state index in [-0.39, 0.29) is 18.6 Å². The Morgan fingerprint density at radius 3 is 2.30 bits per heavy atom. The van der Waals surface area contributed by atoms with Crippen LogP contribution in [-0.4, -0.2) is 23.3 Å². The predicted octanol–water partition coefficient (Wildman–Crippen LogP) is 3.77. The van der Waals surface area contributed by atoms with Gasteiger partial charge in [0.2, 0.25) is 5.91 Å². The first-order valence-corrected chi connectivity index (χ1v) is 8.05. The third-order valence-corrected chi connectivity index (χ3v) is 3.80. The fraction of sp³-hybridized carbons (Fsp3) is 0.263. The molecule has 8 heteroatoms. The van der Waals surface area contributed by atoms with Crippen LogP contribution in [0.2, 0.25) is 0 Å². The molecule has 0 saturated carbocycles. The first kappa shape index (κ1) is 20.3. The van der Waals surface area contributed by atoms with Crippen molar-refractivity contribution in [2.75, 3.05) is 0 Å². The second-order valence-electron chi connectivity index (χ2n) is 5.94. The number of carbonyl (C=O) groups is 2. The summed E-state index contributed by atoms with van der Waals surface area (Å²) in [5, 5.41) is 11.8. The highest BCUT2D eigenvalue weighted by atomic mass is 19.4. The van der Waals surface area contributed by atoms with E-state index in [0.717, 1.165) is 17.7 Å². The number of hydrogen-bond donors (Lipinski definition) is 2. The van der Waals surface area contributed by atoms with Crippen LogP contribution in [0.3, 0.4) is 0 Å². The van der Waals surface area contributed by atoms with Gasteiger partial charge in [-0.1, -0.05) is 36.4 Å². The Hall–Kier alpha value is -3.03. The highest BCUT2D eigenvalue weighted by Gasteiger charge is 2.31. The maximum Gasteiger partial charge on any atom is 0.573 e. The quantitative estimate of drug-likeness (QED) is 0.766. The molecule has 0 aliphatic heterocycles. The molecular formula is C19H18F3NO4. The summed E-state index contributed by atoms with van der Waals surface area (Å²) >= 11 is 0. The van der Waals surface area contributed by atoms with Gasteiger partial charge in [-0.05, 0) is 35.7 Å². The van der Waals surface area contributed by atoms with E-state index in [4.69, 9.17) is 5.11 Å². The molecule has 2 N–H and O–H groups in total. The smallest absolute Gasteiger partial charge is 0.481 e. The molecule has 1 amide bonds. The Morgan fingerprint density at radius 2 is 1.74 bits per heavy atom. The van der Waals surface area contributed by atoms with E-state index >= 15 is 0 Å². The van der Waals surface area contributed by atoms with Crippen LogP contribution in [0.5, 0.6) is 5.75 Å². The molecule has 0 radical (unpaired) electrons. The number of carbonyl (C=O) groups excluding carboxylic acids is 1. The van der Waals surface area contributed by atoms with Gasteiger partial charge in [0, 0.05) is 0 Å². The first-order valence-electron chi connectivity index (χ1n) is 8.05. The van der Waals surface area contributed by atoms with E-state index < -0.39 is 24.3 Å². The maximum absolute atomic E-state index is 12.3. The second kappa shape index (κ2) is 8.57. The van der Waals surface area contributed by atoms with Crippen LogP contribution < -0.4 is 10.1 Å². The summed E-state index contributed by atoms with van der Waals surface area (Å²) in [7, 11) is 0. The van der Waals surface area contributed by atoms with Gasteiger partial charge in [-0.15, -0.1) is 13.2 Å². The van der Waals surface area contributed by atoms with Crippen molar-refractivity contribution in [1.82, 2.24) is 5.32 Å². The molecule has 144 valence electrons. The number of hydrogen-bond acceptors (Lipinski definition) is 3. The van der Waals surface area contributed by atoms with Crippen molar-refractivity contribution in [3.63, 3.8) is 0 Å². The fourth-order valence-electron chi connectivity index (χ4n) is 2.63. The number of halogens is 3. The van der Waals surface area contributed by atoms with Gasteiger partial charge in [-0.25, -0.2) is 0 Å². The molecule has 5 nitrogen and oxygen atoms in total. The molecule has 0 bridgehead atoms. The summed E-state index contributed by atoms with van der Waals surface area (Å²) in [5.74, 6) is -1.87. The number of aryl methyl sites for hydroxylation is 1. The van der Waals surface area contributed by atoms with Gasteiger partial charge in [-0.3, -0.25) is 9.59 Å². The Kier molecular flexibility index (Phi) is 6.44. The molecule has 2 aromatic rings. The second-order valence-corrected chi connectivity index (χ2v) is 5.94. The average Bonchev–Trinajstić information content (AvgIpc) is 2.55. The minimum atomic E-state index is -4.78. The van der Waals surface area contributed by atoms with E-state index in [1.807, 2.05) is 19.1 Å². The van der Waals surface area contributed by atoms with E-state index in [1.165, 1.54) is 12.1 Å². The molecule has 2 aromatic carbocycles. The molecule has 1 atom stereocenters. The lowest BCUT2D eigenvalue weighted by molar-refractivity contribution is -0.274. The lowest BCUT2D eigenvalue weighted by Gasteiger charge is -2.19. The summed E-state index contributed by atoms with van der Waals surface area (Å²) in [4.78, 5) is 23.4. The summed E-state index contributed by atoms with van der Waals surface area (Å²) in [6.45, 7) is 1.82. The van der Waals surface area contributed by atoms with Gasteiger partial charge in [0.1, 0.15) is 5.75 Å². The van der Waals surface area contributed by atoms with Gasteiger partial charge in [0.15, 0.2) is 0 Å². The third kappa shape index (κ3) is 6.65. The van der Waals surface area contributed by atoms with Crippen molar-refractivity contribution >= 4 is 11.9 Å². The molecule has 1 unspecified atom stereocenters. The third-order valence-electron chi connectivity index (χ3n) is 3.80. The van der Waals surface area contributed by atoms with E-state index in [0.29, 0.717) is 11.1 Å². The predicted molar refractivity (Wildman–Crippen MR) is 91.1 cm³/mol. The zero-order valence-corrected chi connectivity index (χ0v) is 14.4. The minimum Gasteiger partial charge on any atom is -0.481 e. The molecule has 0 saturated heterocycles. The maximum atomic E-state index is 12.3. The fourth-order valence-corrected chi connectivity index (χ4v) is 2.63. The van der Waals surface area contributed by atoms with Crippen LogP contribution >= 0.6 is 0 Å². The van der Waals surface area contributed by atoms with Crippen LogP contribution in [-0.2, 0) is 16.0 Å². The van der Waals surface area contributed by atoms with Crippen molar-refractivity contribution in [2.45, 2.75) is 32.2 Å². The summed E-state index contributed by atoms with van der Waals surface area (Å²) < 4.78 is 40.3. The van der Waals surface area contributed by atoms with Crippen LogP contribution in [0.25, 0.3) is 0 Å². The van der Waals surface area contributed by atoms with Crippen LogP contribution in [0.1, 0.15) is 29.2 Å². The van der Waals surface area contributed by atoms with Gasteiger partial charge in [-0.2, -0.15) is 0 Å². The van der Waals surface area contributed by atoms with E-state index in [9.17, 15) is 22.8 Å². The Labute approximate surface area is 153 Å². The number of nitrogens with one attached hydrogen (secondary N) is 1. The number of aliphatic carboxylic acids is 1. The molecule has 0 spiro atoms.